The van der Waals surface area contributed by atoms with E-state index in [-0.39, 0.29) is 10.6 Å². The van der Waals surface area contributed by atoms with Crippen LogP contribution < -0.4 is 16.6 Å². The van der Waals surface area contributed by atoms with Gasteiger partial charge in [0.15, 0.2) is 5.82 Å². The van der Waals surface area contributed by atoms with Crippen LogP contribution >= 0.6 is 11.6 Å². The molecule has 17 heavy (non-hydrogen) atoms. The van der Waals surface area contributed by atoms with E-state index in [2.05, 4.69) is 15.3 Å². The number of rotatable bonds is 3. The van der Waals surface area contributed by atoms with Gasteiger partial charge in [-0.2, -0.15) is 0 Å². The Hall–Kier alpha value is -1.85. The van der Waals surface area contributed by atoms with Crippen molar-refractivity contribution in [2.45, 2.75) is 6.54 Å². The molecule has 6 heteroatoms. The molecule has 2 aromatic rings. The number of H-pyrrole nitrogens is 1. The van der Waals surface area contributed by atoms with Crippen LogP contribution in [0, 0.1) is 0 Å². The van der Waals surface area contributed by atoms with Crippen molar-refractivity contribution in [3.8, 4) is 0 Å². The smallest absolute Gasteiger partial charge is 0.271 e. The van der Waals surface area contributed by atoms with Crippen molar-refractivity contribution in [1.82, 2.24) is 9.97 Å². The summed E-state index contributed by atoms with van der Waals surface area (Å²) >= 11 is 5.81. The van der Waals surface area contributed by atoms with Crippen molar-refractivity contribution in [3.63, 3.8) is 0 Å². The fourth-order valence-corrected chi connectivity index (χ4v) is 1.48. The molecule has 1 heterocycles. The first-order valence-corrected chi connectivity index (χ1v) is 5.37. The first-order valence-electron chi connectivity index (χ1n) is 5.00. The predicted octanol–water partition coefficient (Wildman–Crippen LogP) is 1.63. The maximum Gasteiger partial charge on any atom is 0.271 e. The van der Waals surface area contributed by atoms with Gasteiger partial charge in [0.1, 0.15) is 5.02 Å². The number of aromatic nitrogens is 2. The van der Waals surface area contributed by atoms with Crippen LogP contribution in [0.4, 0.5) is 11.5 Å². The van der Waals surface area contributed by atoms with E-state index in [1.165, 1.54) is 6.33 Å². The molecule has 0 amide bonds. The van der Waals surface area contributed by atoms with E-state index < -0.39 is 0 Å². The minimum absolute atomic E-state index is 0.0374. The van der Waals surface area contributed by atoms with Crippen LogP contribution in [0.25, 0.3) is 0 Å². The lowest BCUT2D eigenvalue weighted by Crippen LogP contribution is -2.09. The Bertz CT molecular complexity index is 564. The summed E-state index contributed by atoms with van der Waals surface area (Å²) in [4.78, 5) is 17.6. The topological polar surface area (TPSA) is 83.8 Å². The number of nitrogens with one attached hydrogen (secondary N) is 2. The summed E-state index contributed by atoms with van der Waals surface area (Å²) in [5, 5.41) is 3.00. The van der Waals surface area contributed by atoms with Gasteiger partial charge >= 0.3 is 0 Å². The second-order valence-corrected chi connectivity index (χ2v) is 3.80. The van der Waals surface area contributed by atoms with Gasteiger partial charge in [0.2, 0.25) is 0 Å². The lowest BCUT2D eigenvalue weighted by Gasteiger charge is -2.06. The number of halogens is 1. The molecule has 0 bridgehead atoms. The number of nitrogens with two attached hydrogens (primary N) is 1. The summed E-state index contributed by atoms with van der Waals surface area (Å²) in [7, 11) is 0. The molecule has 0 aliphatic heterocycles. The van der Waals surface area contributed by atoms with Gasteiger partial charge in [-0.1, -0.05) is 23.7 Å². The lowest BCUT2D eigenvalue weighted by atomic mass is 10.2. The van der Waals surface area contributed by atoms with E-state index in [0.717, 1.165) is 11.3 Å². The average Bonchev–Trinajstić information content (AvgIpc) is 2.36. The Balaban J connectivity index is 2.25. The molecule has 0 saturated carbocycles. The first kappa shape index (κ1) is 11.6. The Morgan fingerprint density at radius 1 is 1.35 bits per heavy atom. The third kappa shape index (κ3) is 2.64. The highest BCUT2D eigenvalue weighted by Gasteiger charge is 2.05. The molecule has 0 radical (unpaired) electrons. The largest absolute Gasteiger partial charge is 0.339 e. The Kier molecular flexibility index (Phi) is 3.41. The summed E-state index contributed by atoms with van der Waals surface area (Å²) in [5.74, 6) is 0.330. The second-order valence-electron chi connectivity index (χ2n) is 3.42. The second kappa shape index (κ2) is 4.99. The maximum absolute atomic E-state index is 11.2. The molecule has 88 valence electrons. The maximum atomic E-state index is 11.2. The van der Waals surface area contributed by atoms with Crippen LogP contribution in [0.15, 0.2) is 35.4 Å². The van der Waals surface area contributed by atoms with E-state index >= 15 is 0 Å². The number of benzene rings is 1. The van der Waals surface area contributed by atoms with Crippen LogP contribution in [-0.2, 0) is 6.54 Å². The van der Waals surface area contributed by atoms with E-state index in [0.29, 0.717) is 12.4 Å². The zero-order valence-corrected chi connectivity index (χ0v) is 9.66. The van der Waals surface area contributed by atoms with Crippen molar-refractivity contribution in [2.24, 2.45) is 5.73 Å². The SMILES string of the molecule is NCc1ccc(Nc2nc[nH]c(=O)c2Cl)cc1. The minimum Gasteiger partial charge on any atom is -0.339 e. The number of aromatic amines is 1. The van der Waals surface area contributed by atoms with E-state index in [4.69, 9.17) is 17.3 Å². The predicted molar refractivity (Wildman–Crippen MR) is 67.5 cm³/mol. The molecule has 0 saturated heterocycles. The molecular weight excluding hydrogens is 240 g/mol. The standard InChI is InChI=1S/C11H11ClN4O/c12-9-10(14-6-15-11(9)17)16-8-3-1-7(5-13)2-4-8/h1-4,6H,5,13H2,(H2,14,15,16,17). The lowest BCUT2D eigenvalue weighted by molar-refractivity contribution is 1.07. The van der Waals surface area contributed by atoms with Crippen molar-refractivity contribution in [3.05, 3.63) is 51.5 Å². The van der Waals surface area contributed by atoms with Crippen LogP contribution in [-0.4, -0.2) is 9.97 Å². The Morgan fingerprint density at radius 3 is 2.71 bits per heavy atom. The molecule has 0 aliphatic rings. The number of nitrogens with zero attached hydrogens (tertiary/aromatic N) is 1. The van der Waals surface area contributed by atoms with Gasteiger partial charge in [-0.25, -0.2) is 4.98 Å². The summed E-state index contributed by atoms with van der Waals surface area (Å²) in [5.41, 5.74) is 6.95. The summed E-state index contributed by atoms with van der Waals surface area (Å²) in [6.07, 6.45) is 1.30. The third-order valence-electron chi connectivity index (χ3n) is 2.25. The van der Waals surface area contributed by atoms with Crippen molar-refractivity contribution >= 4 is 23.1 Å². The van der Waals surface area contributed by atoms with Crippen LogP contribution in [0.5, 0.6) is 0 Å². The summed E-state index contributed by atoms with van der Waals surface area (Å²) in [6, 6.07) is 7.48. The summed E-state index contributed by atoms with van der Waals surface area (Å²) in [6.45, 7) is 0.490. The number of anilines is 2. The van der Waals surface area contributed by atoms with Crippen molar-refractivity contribution < 1.29 is 0 Å². The van der Waals surface area contributed by atoms with Gasteiger partial charge in [-0.3, -0.25) is 4.79 Å². The number of hydrogen-bond acceptors (Lipinski definition) is 4. The van der Waals surface area contributed by atoms with E-state index in [9.17, 15) is 4.79 Å². The minimum atomic E-state index is -0.372. The van der Waals surface area contributed by atoms with E-state index in [1.54, 1.807) is 0 Å². The first-order chi connectivity index (χ1) is 8.20. The zero-order valence-electron chi connectivity index (χ0n) is 8.90. The van der Waals surface area contributed by atoms with Gasteiger partial charge in [-0.05, 0) is 17.7 Å². The van der Waals surface area contributed by atoms with Crippen LogP contribution in [0.3, 0.4) is 0 Å². The molecule has 1 aromatic carbocycles. The van der Waals surface area contributed by atoms with E-state index in [1.807, 2.05) is 24.3 Å². The molecule has 1 aromatic heterocycles. The monoisotopic (exact) mass is 250 g/mol. The Labute approximate surface area is 103 Å². The molecule has 2 rings (SSSR count). The highest BCUT2D eigenvalue weighted by molar-refractivity contribution is 6.32. The quantitative estimate of drug-likeness (QED) is 0.773. The average molecular weight is 251 g/mol. The fraction of sp³-hybridized carbons (Fsp3) is 0.0909. The zero-order chi connectivity index (χ0) is 12.3. The summed E-state index contributed by atoms with van der Waals surface area (Å²) < 4.78 is 0. The van der Waals surface area contributed by atoms with Gasteiger partial charge in [0.25, 0.3) is 5.56 Å². The highest BCUT2D eigenvalue weighted by Crippen LogP contribution is 2.19. The van der Waals surface area contributed by atoms with Crippen LogP contribution in [0.2, 0.25) is 5.02 Å². The molecule has 0 aliphatic carbocycles. The fourth-order valence-electron chi connectivity index (χ4n) is 1.33. The number of hydrogen-bond donors (Lipinski definition) is 3. The highest BCUT2D eigenvalue weighted by atomic mass is 35.5. The van der Waals surface area contributed by atoms with Gasteiger partial charge in [0.05, 0.1) is 6.33 Å². The third-order valence-corrected chi connectivity index (χ3v) is 2.60. The molecular formula is C11H11ClN4O. The normalized spacial score (nSPS) is 10.2. The molecule has 0 fully saturated rings. The molecule has 4 N–H and O–H groups in total. The van der Waals surface area contributed by atoms with Crippen LogP contribution in [0.1, 0.15) is 5.56 Å². The Morgan fingerprint density at radius 2 is 2.06 bits per heavy atom. The van der Waals surface area contributed by atoms with Gasteiger partial charge in [0, 0.05) is 12.2 Å². The molecule has 0 unspecified atom stereocenters. The molecule has 0 atom stereocenters. The van der Waals surface area contributed by atoms with Gasteiger partial charge in [-0.15, -0.1) is 0 Å². The van der Waals surface area contributed by atoms with Gasteiger partial charge < -0.3 is 16.0 Å². The van der Waals surface area contributed by atoms with Crippen molar-refractivity contribution in [1.29, 1.82) is 0 Å². The van der Waals surface area contributed by atoms with Crippen molar-refractivity contribution in [2.75, 3.05) is 5.32 Å². The molecule has 0 spiro atoms. The molecule has 5 nitrogen and oxygen atoms in total.